The molecular formula is C14H15FN2O2. The van der Waals surface area contributed by atoms with E-state index in [1.54, 1.807) is 27.0 Å². The van der Waals surface area contributed by atoms with Crippen LogP contribution in [0.4, 0.5) is 4.39 Å². The van der Waals surface area contributed by atoms with Crippen LogP contribution in [0, 0.1) is 19.7 Å². The van der Waals surface area contributed by atoms with Gasteiger partial charge in [0.1, 0.15) is 17.6 Å². The first-order valence-corrected chi connectivity index (χ1v) is 5.96. The quantitative estimate of drug-likeness (QED) is 0.925. The molecule has 0 saturated carbocycles. The number of hydrogen-bond donors (Lipinski definition) is 1. The summed E-state index contributed by atoms with van der Waals surface area (Å²) in [6.07, 6.45) is 1.60. The Balaban J connectivity index is 2.10. The van der Waals surface area contributed by atoms with E-state index in [4.69, 9.17) is 4.42 Å². The van der Waals surface area contributed by atoms with Crippen molar-refractivity contribution in [1.29, 1.82) is 0 Å². The van der Waals surface area contributed by atoms with E-state index in [1.165, 1.54) is 18.2 Å². The zero-order valence-electron chi connectivity index (χ0n) is 11.0. The monoisotopic (exact) mass is 262 g/mol. The highest BCUT2D eigenvalue weighted by molar-refractivity contribution is 5.94. The van der Waals surface area contributed by atoms with Crippen molar-refractivity contribution >= 4 is 5.91 Å². The first-order chi connectivity index (χ1) is 8.97. The van der Waals surface area contributed by atoms with Gasteiger partial charge in [0.05, 0.1) is 6.20 Å². The lowest BCUT2D eigenvalue weighted by atomic mass is 10.1. The third-order valence-corrected chi connectivity index (χ3v) is 2.78. The smallest absolute Gasteiger partial charge is 0.251 e. The zero-order valence-corrected chi connectivity index (χ0v) is 11.0. The number of carbonyl (C=O) groups is 1. The van der Waals surface area contributed by atoms with Crippen molar-refractivity contribution in [3.05, 3.63) is 53.0 Å². The predicted molar refractivity (Wildman–Crippen MR) is 68.3 cm³/mol. The van der Waals surface area contributed by atoms with Crippen LogP contribution < -0.4 is 5.32 Å². The Kier molecular flexibility index (Phi) is 3.64. The van der Waals surface area contributed by atoms with Gasteiger partial charge < -0.3 is 9.73 Å². The van der Waals surface area contributed by atoms with Gasteiger partial charge in [0, 0.05) is 5.56 Å². The second-order valence-electron chi connectivity index (χ2n) is 4.47. The van der Waals surface area contributed by atoms with Gasteiger partial charge in [0.15, 0.2) is 0 Å². The third-order valence-electron chi connectivity index (χ3n) is 2.78. The van der Waals surface area contributed by atoms with Gasteiger partial charge in [-0.3, -0.25) is 4.79 Å². The highest BCUT2D eigenvalue weighted by atomic mass is 19.1. The molecular weight excluding hydrogens is 247 g/mol. The van der Waals surface area contributed by atoms with Gasteiger partial charge in [-0.25, -0.2) is 9.37 Å². The van der Waals surface area contributed by atoms with Crippen molar-refractivity contribution in [2.45, 2.75) is 26.8 Å². The first kappa shape index (κ1) is 13.3. The Morgan fingerprint density at radius 1 is 1.42 bits per heavy atom. The summed E-state index contributed by atoms with van der Waals surface area (Å²) in [7, 11) is 0. The fraction of sp³-hybridized carbons (Fsp3) is 0.286. The molecule has 0 fully saturated rings. The molecule has 1 amide bonds. The predicted octanol–water partition coefficient (Wildman–Crippen LogP) is 2.92. The molecule has 0 saturated heterocycles. The summed E-state index contributed by atoms with van der Waals surface area (Å²) >= 11 is 0. The van der Waals surface area contributed by atoms with Gasteiger partial charge in [-0.15, -0.1) is 0 Å². The molecule has 1 unspecified atom stereocenters. The number of rotatable bonds is 3. The number of nitrogens with zero attached hydrogens (tertiary/aromatic N) is 1. The summed E-state index contributed by atoms with van der Waals surface area (Å²) in [6.45, 7) is 5.18. The first-order valence-electron chi connectivity index (χ1n) is 5.96. The van der Waals surface area contributed by atoms with Crippen molar-refractivity contribution in [3.63, 3.8) is 0 Å². The maximum atomic E-state index is 13.1. The number of hydrogen-bond acceptors (Lipinski definition) is 3. The normalized spacial score (nSPS) is 12.2. The van der Waals surface area contributed by atoms with Crippen LogP contribution in [0.15, 0.2) is 28.8 Å². The Hall–Kier alpha value is -2.17. The number of nitrogens with one attached hydrogen (secondary N) is 1. The Morgan fingerprint density at radius 2 is 2.16 bits per heavy atom. The molecule has 0 radical (unpaired) electrons. The number of benzene rings is 1. The molecule has 1 heterocycles. The maximum Gasteiger partial charge on any atom is 0.251 e. The van der Waals surface area contributed by atoms with Crippen LogP contribution in [0.1, 0.15) is 40.5 Å². The van der Waals surface area contributed by atoms with E-state index < -0.39 is 0 Å². The number of carbonyl (C=O) groups excluding carboxylic acids is 1. The molecule has 5 heteroatoms. The molecule has 0 spiro atoms. The molecule has 0 aliphatic heterocycles. The molecule has 4 nitrogen and oxygen atoms in total. The fourth-order valence-corrected chi connectivity index (χ4v) is 1.70. The van der Waals surface area contributed by atoms with E-state index in [-0.39, 0.29) is 17.8 Å². The molecule has 1 atom stereocenters. The number of oxazole rings is 1. The summed E-state index contributed by atoms with van der Waals surface area (Å²) < 4.78 is 18.5. The van der Waals surface area contributed by atoms with E-state index in [0.29, 0.717) is 22.8 Å². The Morgan fingerprint density at radius 3 is 2.74 bits per heavy atom. The van der Waals surface area contributed by atoms with Crippen molar-refractivity contribution in [2.24, 2.45) is 0 Å². The van der Waals surface area contributed by atoms with E-state index in [2.05, 4.69) is 10.3 Å². The molecule has 100 valence electrons. The molecule has 0 aliphatic rings. The molecule has 19 heavy (non-hydrogen) atoms. The summed E-state index contributed by atoms with van der Waals surface area (Å²) in [4.78, 5) is 16.0. The fourth-order valence-electron chi connectivity index (χ4n) is 1.70. The highest BCUT2D eigenvalue weighted by Gasteiger charge is 2.15. The van der Waals surface area contributed by atoms with E-state index in [0.717, 1.165) is 0 Å². The lowest BCUT2D eigenvalue weighted by Crippen LogP contribution is -2.26. The minimum Gasteiger partial charge on any atom is -0.444 e. The summed E-state index contributed by atoms with van der Waals surface area (Å²) in [6, 6.07) is 3.90. The largest absolute Gasteiger partial charge is 0.444 e. The van der Waals surface area contributed by atoms with E-state index in [9.17, 15) is 9.18 Å². The lowest BCUT2D eigenvalue weighted by molar-refractivity contribution is 0.0933. The molecule has 2 rings (SSSR count). The Bertz CT molecular complexity index is 607. The molecule has 1 N–H and O–H groups in total. The SMILES string of the molecule is Cc1cnc(C(C)NC(=O)c2ccc(F)c(C)c2)o1. The van der Waals surface area contributed by atoms with Crippen LogP contribution in [0.5, 0.6) is 0 Å². The Labute approximate surface area is 110 Å². The van der Waals surface area contributed by atoms with Gasteiger partial charge in [-0.1, -0.05) is 0 Å². The van der Waals surface area contributed by atoms with Crippen molar-refractivity contribution in [1.82, 2.24) is 10.3 Å². The summed E-state index contributed by atoms with van der Waals surface area (Å²) in [5, 5.41) is 2.75. The second-order valence-corrected chi connectivity index (χ2v) is 4.47. The van der Waals surface area contributed by atoms with Gasteiger partial charge in [-0.2, -0.15) is 0 Å². The molecule has 1 aromatic carbocycles. The van der Waals surface area contributed by atoms with Crippen LogP contribution in [0.25, 0.3) is 0 Å². The van der Waals surface area contributed by atoms with Crippen LogP contribution in [0.3, 0.4) is 0 Å². The molecule has 0 bridgehead atoms. The van der Waals surface area contributed by atoms with Crippen LogP contribution in [-0.2, 0) is 0 Å². The summed E-state index contributed by atoms with van der Waals surface area (Å²) in [5.41, 5.74) is 0.848. The number of aromatic nitrogens is 1. The molecule has 1 aromatic heterocycles. The lowest BCUT2D eigenvalue weighted by Gasteiger charge is -2.11. The van der Waals surface area contributed by atoms with Crippen molar-refractivity contribution in [2.75, 3.05) is 0 Å². The van der Waals surface area contributed by atoms with Crippen LogP contribution in [-0.4, -0.2) is 10.9 Å². The van der Waals surface area contributed by atoms with Crippen LogP contribution in [0.2, 0.25) is 0 Å². The van der Waals surface area contributed by atoms with E-state index >= 15 is 0 Å². The summed E-state index contributed by atoms with van der Waals surface area (Å²) in [5.74, 6) is 0.526. The zero-order chi connectivity index (χ0) is 14.0. The topological polar surface area (TPSA) is 55.1 Å². The highest BCUT2D eigenvalue weighted by Crippen LogP contribution is 2.14. The standard InChI is InChI=1S/C14H15FN2O2/c1-8-6-11(4-5-12(8)15)13(18)17-10(3)14-16-7-9(2)19-14/h4-7,10H,1-3H3,(H,17,18). The van der Waals surface area contributed by atoms with Crippen molar-refractivity contribution in [3.8, 4) is 0 Å². The van der Waals surface area contributed by atoms with Gasteiger partial charge in [-0.05, 0) is 44.5 Å². The number of amides is 1. The number of aryl methyl sites for hydroxylation is 2. The van der Waals surface area contributed by atoms with Gasteiger partial charge in [0.25, 0.3) is 5.91 Å². The minimum atomic E-state index is -0.341. The second kappa shape index (κ2) is 5.22. The average Bonchev–Trinajstić information content (AvgIpc) is 2.79. The third kappa shape index (κ3) is 2.99. The average molecular weight is 262 g/mol. The minimum absolute atomic E-state index is 0.286. The van der Waals surface area contributed by atoms with Gasteiger partial charge >= 0.3 is 0 Å². The van der Waals surface area contributed by atoms with Crippen LogP contribution >= 0.6 is 0 Å². The van der Waals surface area contributed by atoms with Gasteiger partial charge in [0.2, 0.25) is 5.89 Å². The number of halogens is 1. The maximum absolute atomic E-state index is 13.1. The molecule has 0 aliphatic carbocycles. The van der Waals surface area contributed by atoms with E-state index in [1.807, 2.05) is 0 Å². The molecule has 2 aromatic rings. The van der Waals surface area contributed by atoms with Crippen molar-refractivity contribution < 1.29 is 13.6 Å².